The van der Waals surface area contributed by atoms with Gasteiger partial charge < -0.3 is 5.32 Å². The molecule has 0 spiro atoms. The summed E-state index contributed by atoms with van der Waals surface area (Å²) in [5.74, 6) is 1.54. The molecular weight excluding hydrogens is 317 g/mol. The van der Waals surface area contributed by atoms with Gasteiger partial charge in [-0.3, -0.25) is 4.98 Å². The Labute approximate surface area is 145 Å². The van der Waals surface area contributed by atoms with Crippen LogP contribution in [-0.4, -0.2) is 25.8 Å². The number of nitrogens with one attached hydrogen (secondary N) is 1. The second-order valence-electron chi connectivity index (χ2n) is 6.40. The predicted molar refractivity (Wildman–Crippen MR) is 92.5 cm³/mol. The zero-order valence-corrected chi connectivity index (χ0v) is 14.1. The minimum absolute atomic E-state index is 0.0852. The van der Waals surface area contributed by atoms with Gasteiger partial charge in [0, 0.05) is 12.5 Å². The van der Waals surface area contributed by atoms with E-state index in [4.69, 9.17) is 0 Å². The van der Waals surface area contributed by atoms with Gasteiger partial charge in [-0.25, -0.2) is 14.1 Å². The normalized spacial score (nSPS) is 17.9. The molecule has 5 nitrogen and oxygen atoms in total. The first-order chi connectivity index (χ1) is 12.2. The van der Waals surface area contributed by atoms with Crippen LogP contribution in [-0.2, 0) is 13.0 Å². The molecule has 0 saturated heterocycles. The number of rotatable bonds is 4. The smallest absolute Gasteiger partial charge is 0.147 e. The van der Waals surface area contributed by atoms with Gasteiger partial charge in [0.1, 0.15) is 17.5 Å². The van der Waals surface area contributed by atoms with Gasteiger partial charge in [-0.1, -0.05) is 30.3 Å². The molecule has 1 N–H and O–H groups in total. The number of fused-ring (bicyclic) bond motifs is 1. The van der Waals surface area contributed by atoms with Crippen LogP contribution in [0.4, 0.5) is 4.39 Å². The Balaban J connectivity index is 1.60. The quantitative estimate of drug-likeness (QED) is 0.795. The second kappa shape index (κ2) is 6.72. The summed E-state index contributed by atoms with van der Waals surface area (Å²) in [5, 5.41) is 8.15. The van der Waals surface area contributed by atoms with Gasteiger partial charge >= 0.3 is 0 Å². The molecule has 0 amide bonds. The zero-order chi connectivity index (χ0) is 17.2. The van der Waals surface area contributed by atoms with Crippen LogP contribution >= 0.6 is 0 Å². The van der Waals surface area contributed by atoms with Gasteiger partial charge in [-0.05, 0) is 31.0 Å². The van der Waals surface area contributed by atoms with Crippen LogP contribution in [0.1, 0.15) is 35.4 Å². The average molecular weight is 337 g/mol. The molecular formula is C19H20FN5. The standard InChI is InChI=1S/C19H20FN5/c1-13-22-18-10-8-16(12-25(18)24-13)23-19(14-5-3-2-4-6-14)17-9-7-15(20)11-21-17/h2-7,9,11,16,19,23H,8,10,12H2,1H3. The predicted octanol–water partition coefficient (Wildman–Crippen LogP) is 2.81. The van der Waals surface area contributed by atoms with E-state index < -0.39 is 0 Å². The molecule has 25 heavy (non-hydrogen) atoms. The fourth-order valence-corrected chi connectivity index (χ4v) is 3.36. The maximum atomic E-state index is 13.3. The second-order valence-corrected chi connectivity index (χ2v) is 6.40. The molecule has 128 valence electrons. The number of pyridine rings is 1. The molecule has 0 saturated carbocycles. The Bertz CT molecular complexity index is 844. The summed E-state index contributed by atoms with van der Waals surface area (Å²) in [6, 6.07) is 13.5. The van der Waals surface area contributed by atoms with Gasteiger partial charge in [0.25, 0.3) is 0 Å². The van der Waals surface area contributed by atoms with Crippen molar-refractivity contribution in [2.24, 2.45) is 0 Å². The van der Waals surface area contributed by atoms with Crippen LogP contribution in [0.3, 0.4) is 0 Å². The first kappa shape index (κ1) is 15.9. The van der Waals surface area contributed by atoms with Crippen LogP contribution in [0.25, 0.3) is 0 Å². The van der Waals surface area contributed by atoms with Crippen molar-refractivity contribution in [2.45, 2.75) is 38.4 Å². The molecule has 2 unspecified atom stereocenters. The van der Waals surface area contributed by atoms with Crippen molar-refractivity contribution in [2.75, 3.05) is 0 Å². The van der Waals surface area contributed by atoms with E-state index in [1.165, 1.54) is 12.3 Å². The van der Waals surface area contributed by atoms with Crippen molar-refractivity contribution in [3.63, 3.8) is 0 Å². The van der Waals surface area contributed by atoms with E-state index >= 15 is 0 Å². The first-order valence-corrected chi connectivity index (χ1v) is 8.52. The highest BCUT2D eigenvalue weighted by molar-refractivity contribution is 5.28. The fourth-order valence-electron chi connectivity index (χ4n) is 3.36. The minimum atomic E-state index is -0.323. The topological polar surface area (TPSA) is 55.6 Å². The molecule has 0 bridgehead atoms. The fraction of sp³-hybridized carbons (Fsp3) is 0.316. The number of aryl methyl sites for hydroxylation is 2. The van der Waals surface area contributed by atoms with Crippen molar-refractivity contribution in [1.29, 1.82) is 0 Å². The lowest BCUT2D eigenvalue weighted by molar-refractivity contribution is 0.339. The van der Waals surface area contributed by atoms with Gasteiger partial charge in [0.2, 0.25) is 0 Å². The Kier molecular flexibility index (Phi) is 4.28. The van der Waals surface area contributed by atoms with Gasteiger partial charge in [-0.2, -0.15) is 5.10 Å². The van der Waals surface area contributed by atoms with Gasteiger partial charge in [0.05, 0.1) is 24.5 Å². The number of halogens is 1. The Morgan fingerprint density at radius 1 is 1.20 bits per heavy atom. The van der Waals surface area contributed by atoms with E-state index in [0.29, 0.717) is 0 Å². The van der Waals surface area contributed by atoms with E-state index in [-0.39, 0.29) is 17.9 Å². The van der Waals surface area contributed by atoms with Crippen molar-refractivity contribution in [3.8, 4) is 0 Å². The molecule has 1 aromatic carbocycles. The summed E-state index contributed by atoms with van der Waals surface area (Å²) in [6.45, 7) is 2.70. The summed E-state index contributed by atoms with van der Waals surface area (Å²) >= 11 is 0. The summed E-state index contributed by atoms with van der Waals surface area (Å²) in [5.41, 5.74) is 1.93. The van der Waals surface area contributed by atoms with Crippen LogP contribution < -0.4 is 5.32 Å². The SMILES string of the molecule is Cc1nc2n(n1)CC(NC(c1ccccc1)c1ccc(F)cn1)CC2. The highest BCUT2D eigenvalue weighted by Gasteiger charge is 2.25. The average Bonchev–Trinajstić information content (AvgIpc) is 3.00. The lowest BCUT2D eigenvalue weighted by Gasteiger charge is -2.28. The van der Waals surface area contributed by atoms with E-state index in [1.54, 1.807) is 6.07 Å². The number of nitrogens with zero attached hydrogens (tertiary/aromatic N) is 4. The van der Waals surface area contributed by atoms with Crippen molar-refractivity contribution >= 4 is 0 Å². The van der Waals surface area contributed by atoms with Gasteiger partial charge in [0.15, 0.2) is 0 Å². The van der Waals surface area contributed by atoms with Crippen molar-refractivity contribution in [1.82, 2.24) is 25.1 Å². The lowest BCUT2D eigenvalue weighted by Crippen LogP contribution is -2.40. The van der Waals surface area contributed by atoms with Crippen LogP contribution in [0.2, 0.25) is 0 Å². The molecule has 3 aromatic rings. The third-order valence-electron chi connectivity index (χ3n) is 4.55. The van der Waals surface area contributed by atoms with Crippen LogP contribution in [0.15, 0.2) is 48.7 Å². The third-order valence-corrected chi connectivity index (χ3v) is 4.55. The summed E-state index contributed by atoms with van der Waals surface area (Å²) in [4.78, 5) is 8.76. The molecule has 6 heteroatoms. The molecule has 1 aliphatic rings. The zero-order valence-electron chi connectivity index (χ0n) is 14.1. The number of benzene rings is 1. The Morgan fingerprint density at radius 2 is 2.04 bits per heavy atom. The molecule has 3 heterocycles. The maximum absolute atomic E-state index is 13.3. The summed E-state index contributed by atoms with van der Waals surface area (Å²) in [7, 11) is 0. The largest absolute Gasteiger partial charge is 0.300 e. The van der Waals surface area contributed by atoms with Crippen molar-refractivity contribution in [3.05, 3.63) is 77.4 Å². The molecule has 4 rings (SSSR count). The summed E-state index contributed by atoms with van der Waals surface area (Å²) < 4.78 is 15.3. The molecule has 1 aliphatic heterocycles. The highest BCUT2D eigenvalue weighted by Crippen LogP contribution is 2.23. The molecule has 0 radical (unpaired) electrons. The van der Waals surface area contributed by atoms with E-state index in [2.05, 4.69) is 32.5 Å². The van der Waals surface area contributed by atoms with Crippen molar-refractivity contribution < 1.29 is 4.39 Å². The van der Waals surface area contributed by atoms with E-state index in [0.717, 1.165) is 42.3 Å². The van der Waals surface area contributed by atoms with E-state index in [9.17, 15) is 4.39 Å². The Hall–Kier alpha value is -2.60. The molecule has 2 atom stereocenters. The number of hydrogen-bond acceptors (Lipinski definition) is 4. The van der Waals surface area contributed by atoms with E-state index in [1.807, 2.05) is 29.8 Å². The Morgan fingerprint density at radius 3 is 2.80 bits per heavy atom. The monoisotopic (exact) mass is 337 g/mol. The molecule has 2 aromatic heterocycles. The first-order valence-electron chi connectivity index (χ1n) is 8.52. The number of aromatic nitrogens is 4. The van der Waals surface area contributed by atoms with Crippen LogP contribution in [0, 0.1) is 12.7 Å². The summed E-state index contributed by atoms with van der Waals surface area (Å²) in [6.07, 6.45) is 3.16. The number of hydrogen-bond donors (Lipinski definition) is 1. The highest BCUT2D eigenvalue weighted by atomic mass is 19.1. The maximum Gasteiger partial charge on any atom is 0.147 e. The molecule has 0 fully saturated rings. The minimum Gasteiger partial charge on any atom is -0.300 e. The van der Waals surface area contributed by atoms with Gasteiger partial charge in [-0.15, -0.1) is 0 Å². The lowest BCUT2D eigenvalue weighted by atomic mass is 9.99. The van der Waals surface area contributed by atoms with Crippen LogP contribution in [0.5, 0.6) is 0 Å². The molecule has 0 aliphatic carbocycles. The third kappa shape index (κ3) is 3.44.